The molecule has 9 heteroatoms. The molecule has 0 aromatic carbocycles. The van der Waals surface area contributed by atoms with Gasteiger partial charge in [-0.05, 0) is 17.5 Å². The molecule has 0 aliphatic rings. The van der Waals surface area contributed by atoms with Crippen LogP contribution < -0.4 is 0 Å². The molecule has 8 nitrogen and oxygen atoms in total. The van der Waals surface area contributed by atoms with Crippen molar-refractivity contribution in [3.8, 4) is 10.7 Å². The van der Waals surface area contributed by atoms with E-state index in [0.29, 0.717) is 11.7 Å². The Morgan fingerprint density at radius 1 is 1.32 bits per heavy atom. The molecule has 3 heterocycles. The Kier molecular flexibility index (Phi) is 5.24. The van der Waals surface area contributed by atoms with Crippen LogP contribution in [0.25, 0.3) is 10.7 Å². The fraction of sp³-hybridized carbons (Fsp3) is 0.250. The number of hydrogen-bond acceptors (Lipinski definition) is 9. The number of hydrogen-bond donors (Lipinski definition) is 0. The van der Waals surface area contributed by atoms with Crippen LogP contribution in [0.5, 0.6) is 0 Å². The summed E-state index contributed by atoms with van der Waals surface area (Å²) >= 11 is 1.50. The number of esters is 2. The minimum absolute atomic E-state index is 0.0698. The number of rotatable bonds is 7. The van der Waals surface area contributed by atoms with E-state index in [0.717, 1.165) is 4.88 Å². The van der Waals surface area contributed by atoms with Crippen LogP contribution in [-0.2, 0) is 27.3 Å². The summed E-state index contributed by atoms with van der Waals surface area (Å²) in [6, 6.07) is 5.24. The summed E-state index contributed by atoms with van der Waals surface area (Å²) in [7, 11) is 1.26. The van der Waals surface area contributed by atoms with Gasteiger partial charge in [-0.25, -0.2) is 4.79 Å². The van der Waals surface area contributed by atoms with Crippen LogP contribution >= 0.6 is 11.3 Å². The molecule has 0 amide bonds. The maximum atomic E-state index is 11.8. The lowest BCUT2D eigenvalue weighted by atomic mass is 10.2. The van der Waals surface area contributed by atoms with Gasteiger partial charge in [0.05, 0.1) is 24.7 Å². The third-order valence-corrected chi connectivity index (χ3v) is 4.13. The largest absolute Gasteiger partial charge is 0.465 e. The van der Waals surface area contributed by atoms with E-state index in [1.54, 1.807) is 0 Å². The number of aromatic nitrogens is 2. The molecule has 0 aliphatic carbocycles. The van der Waals surface area contributed by atoms with Gasteiger partial charge in [0.15, 0.2) is 5.76 Å². The Labute approximate surface area is 146 Å². The highest BCUT2D eigenvalue weighted by atomic mass is 32.1. The molecule has 3 aromatic heterocycles. The zero-order chi connectivity index (χ0) is 17.6. The van der Waals surface area contributed by atoms with Crippen LogP contribution in [0.1, 0.15) is 28.4 Å². The number of thiophene rings is 1. The number of ether oxygens (including phenoxy) is 2. The van der Waals surface area contributed by atoms with Crippen LogP contribution in [-0.4, -0.2) is 29.2 Å². The van der Waals surface area contributed by atoms with E-state index < -0.39 is 11.9 Å². The third-order valence-electron chi connectivity index (χ3n) is 3.27. The number of aryl methyl sites for hydroxylation is 1. The number of carbonyl (C=O) groups is 2. The molecular weight excluding hydrogens is 348 g/mol. The molecule has 0 N–H and O–H groups in total. The van der Waals surface area contributed by atoms with Crippen molar-refractivity contribution in [1.29, 1.82) is 0 Å². The highest BCUT2D eigenvalue weighted by molar-refractivity contribution is 7.13. The minimum atomic E-state index is -0.549. The molecule has 0 unspecified atom stereocenters. The summed E-state index contributed by atoms with van der Waals surface area (Å²) in [5, 5.41) is 5.79. The summed E-state index contributed by atoms with van der Waals surface area (Å²) in [6.45, 7) is -0.152. The molecule has 0 spiro atoms. The van der Waals surface area contributed by atoms with E-state index in [1.165, 1.54) is 30.8 Å². The van der Waals surface area contributed by atoms with Gasteiger partial charge in [0.1, 0.15) is 12.2 Å². The first-order valence-electron chi connectivity index (χ1n) is 7.34. The van der Waals surface area contributed by atoms with Crippen molar-refractivity contribution < 1.29 is 28.0 Å². The van der Waals surface area contributed by atoms with E-state index >= 15 is 0 Å². The summed E-state index contributed by atoms with van der Waals surface area (Å²) < 4.78 is 19.9. The standard InChI is InChI=1S/C16H14N2O6S/c1-21-16(20)10-6-7-22-11(10)9-23-14(19)5-4-13-17-15(18-24-13)12-3-2-8-25-12/h2-3,6-8H,4-5,9H2,1H3. The van der Waals surface area contributed by atoms with Gasteiger partial charge < -0.3 is 18.4 Å². The highest BCUT2D eigenvalue weighted by Gasteiger charge is 2.17. The lowest BCUT2D eigenvalue weighted by Gasteiger charge is -2.03. The van der Waals surface area contributed by atoms with Crippen molar-refractivity contribution in [3.63, 3.8) is 0 Å². The summed E-state index contributed by atoms with van der Waals surface area (Å²) in [6.07, 6.45) is 1.67. The third kappa shape index (κ3) is 4.13. The van der Waals surface area contributed by atoms with Gasteiger partial charge in [0, 0.05) is 6.42 Å². The van der Waals surface area contributed by atoms with Crippen LogP contribution in [0.3, 0.4) is 0 Å². The zero-order valence-corrected chi connectivity index (χ0v) is 14.1. The number of methoxy groups -OCH3 is 1. The minimum Gasteiger partial charge on any atom is -0.465 e. The Hall–Kier alpha value is -2.94. The lowest BCUT2D eigenvalue weighted by molar-refractivity contribution is -0.145. The zero-order valence-electron chi connectivity index (χ0n) is 13.3. The van der Waals surface area contributed by atoms with Crippen LogP contribution in [0.15, 0.2) is 38.8 Å². The molecule has 0 saturated carbocycles. The maximum absolute atomic E-state index is 11.8. The first-order valence-corrected chi connectivity index (χ1v) is 8.22. The van der Waals surface area contributed by atoms with Crippen molar-refractivity contribution >= 4 is 23.3 Å². The van der Waals surface area contributed by atoms with E-state index in [-0.39, 0.29) is 30.8 Å². The molecule has 0 saturated heterocycles. The summed E-state index contributed by atoms with van der Waals surface area (Å²) in [4.78, 5) is 28.5. The number of nitrogens with zero attached hydrogens (tertiary/aromatic N) is 2. The van der Waals surface area contributed by atoms with Crippen molar-refractivity contribution in [1.82, 2.24) is 10.1 Å². The SMILES string of the molecule is COC(=O)c1ccoc1COC(=O)CCc1nc(-c2cccs2)no1. The second kappa shape index (κ2) is 7.75. The number of furan rings is 1. The van der Waals surface area contributed by atoms with Gasteiger partial charge in [0.2, 0.25) is 11.7 Å². The second-order valence-electron chi connectivity index (χ2n) is 4.90. The fourth-order valence-corrected chi connectivity index (χ4v) is 2.68. The van der Waals surface area contributed by atoms with Gasteiger partial charge in [-0.3, -0.25) is 4.79 Å². The predicted octanol–water partition coefficient (Wildman–Crippen LogP) is 2.85. The number of carbonyl (C=O) groups excluding carboxylic acids is 2. The topological polar surface area (TPSA) is 105 Å². The highest BCUT2D eigenvalue weighted by Crippen LogP contribution is 2.21. The summed E-state index contributed by atoms with van der Waals surface area (Å²) in [5.74, 6) is 0.0677. The van der Waals surface area contributed by atoms with Crippen molar-refractivity contribution in [2.45, 2.75) is 19.4 Å². The Morgan fingerprint density at radius 3 is 2.96 bits per heavy atom. The lowest BCUT2D eigenvalue weighted by Crippen LogP contribution is -2.09. The molecule has 0 atom stereocenters. The van der Waals surface area contributed by atoms with Crippen LogP contribution in [0.4, 0.5) is 0 Å². The smallest absolute Gasteiger partial charge is 0.341 e. The summed E-state index contributed by atoms with van der Waals surface area (Å²) in [5.41, 5.74) is 0.229. The van der Waals surface area contributed by atoms with E-state index in [4.69, 9.17) is 13.7 Å². The van der Waals surface area contributed by atoms with E-state index in [2.05, 4.69) is 14.9 Å². The van der Waals surface area contributed by atoms with E-state index in [9.17, 15) is 9.59 Å². The quantitative estimate of drug-likeness (QED) is 0.591. The molecule has 25 heavy (non-hydrogen) atoms. The van der Waals surface area contributed by atoms with Gasteiger partial charge in [-0.15, -0.1) is 11.3 Å². The molecule has 0 bridgehead atoms. The Balaban J connectivity index is 1.49. The molecule has 0 radical (unpaired) electrons. The normalized spacial score (nSPS) is 10.6. The van der Waals surface area contributed by atoms with Gasteiger partial charge >= 0.3 is 11.9 Å². The average molecular weight is 362 g/mol. The predicted molar refractivity (Wildman–Crippen MR) is 85.8 cm³/mol. The molecule has 3 aromatic rings. The molecule has 3 rings (SSSR count). The maximum Gasteiger partial charge on any atom is 0.341 e. The molecule has 0 aliphatic heterocycles. The fourth-order valence-electron chi connectivity index (χ4n) is 2.03. The van der Waals surface area contributed by atoms with Crippen molar-refractivity contribution in [2.75, 3.05) is 7.11 Å². The molecule has 130 valence electrons. The molecular formula is C16H14N2O6S. The Bertz CT molecular complexity index is 852. The van der Waals surface area contributed by atoms with Crippen molar-refractivity contribution in [2.24, 2.45) is 0 Å². The second-order valence-corrected chi connectivity index (χ2v) is 5.85. The first kappa shape index (κ1) is 16.9. The van der Waals surface area contributed by atoms with Crippen LogP contribution in [0, 0.1) is 0 Å². The van der Waals surface area contributed by atoms with Crippen LogP contribution in [0.2, 0.25) is 0 Å². The van der Waals surface area contributed by atoms with E-state index in [1.807, 2.05) is 17.5 Å². The van der Waals surface area contributed by atoms with Crippen molar-refractivity contribution in [3.05, 3.63) is 47.1 Å². The molecule has 0 fully saturated rings. The van der Waals surface area contributed by atoms with Gasteiger partial charge in [-0.2, -0.15) is 4.98 Å². The monoisotopic (exact) mass is 362 g/mol. The van der Waals surface area contributed by atoms with Gasteiger partial charge in [0.25, 0.3) is 0 Å². The van der Waals surface area contributed by atoms with Gasteiger partial charge in [-0.1, -0.05) is 11.2 Å². The Morgan fingerprint density at radius 2 is 2.20 bits per heavy atom. The first-order chi connectivity index (χ1) is 12.2. The average Bonchev–Trinajstić information content (AvgIpc) is 3.38.